The molecule has 1 saturated heterocycles. The number of methoxy groups -OCH3 is 1. The number of pyridine rings is 1. The molecule has 1 amide bonds. The largest absolute Gasteiger partial charge is 0.497 e. The van der Waals surface area contributed by atoms with Crippen molar-refractivity contribution in [2.45, 2.75) is 44.9 Å². The van der Waals surface area contributed by atoms with Gasteiger partial charge in [-0.05, 0) is 44.4 Å². The topological polar surface area (TPSA) is 98.2 Å². The fraction of sp³-hybridized carbons (Fsp3) is 0.450. The average molecular weight is 388 g/mol. The molecule has 3 rings (SSSR count). The summed E-state index contributed by atoms with van der Waals surface area (Å²) < 4.78 is 16.6. The molecule has 2 aromatic rings. The van der Waals surface area contributed by atoms with E-state index >= 15 is 0 Å². The van der Waals surface area contributed by atoms with Gasteiger partial charge >= 0.3 is 12.1 Å². The molecule has 1 aromatic heterocycles. The standard InChI is InChI=1S/C20H24N2O6/c1-20(2,3)28-19(25)22-11-14(10-16(22)18(23)24)27-17-15-9-13(26-4)6-5-12(15)7-8-21-17/h5-9,14,16H,10-11H2,1-4H3,(H,23,24)/t14-,16+/m1/s1. The smallest absolute Gasteiger partial charge is 0.411 e. The van der Waals surface area contributed by atoms with E-state index in [4.69, 9.17) is 14.2 Å². The van der Waals surface area contributed by atoms with Crippen molar-refractivity contribution in [3.63, 3.8) is 0 Å². The lowest BCUT2D eigenvalue weighted by Gasteiger charge is -2.26. The van der Waals surface area contributed by atoms with Crippen LogP contribution in [0, 0.1) is 0 Å². The summed E-state index contributed by atoms with van der Waals surface area (Å²) in [5.41, 5.74) is -0.715. The number of rotatable bonds is 4. The van der Waals surface area contributed by atoms with E-state index in [-0.39, 0.29) is 13.0 Å². The summed E-state index contributed by atoms with van der Waals surface area (Å²) in [6.07, 6.45) is 0.590. The molecule has 0 aliphatic carbocycles. The quantitative estimate of drug-likeness (QED) is 0.859. The van der Waals surface area contributed by atoms with Crippen LogP contribution in [0.4, 0.5) is 4.79 Å². The molecule has 150 valence electrons. The number of carboxylic acid groups (broad SMARTS) is 1. The molecule has 8 nitrogen and oxygen atoms in total. The number of hydrogen-bond acceptors (Lipinski definition) is 6. The Morgan fingerprint density at radius 2 is 2.00 bits per heavy atom. The van der Waals surface area contributed by atoms with Crippen molar-refractivity contribution in [3.05, 3.63) is 30.5 Å². The molecule has 8 heteroatoms. The first-order valence-corrected chi connectivity index (χ1v) is 9.00. The third-order valence-corrected chi connectivity index (χ3v) is 4.39. The summed E-state index contributed by atoms with van der Waals surface area (Å²) in [5, 5.41) is 11.2. The van der Waals surface area contributed by atoms with Gasteiger partial charge in [-0.2, -0.15) is 0 Å². The molecule has 0 radical (unpaired) electrons. The Morgan fingerprint density at radius 1 is 1.25 bits per heavy atom. The fourth-order valence-electron chi connectivity index (χ4n) is 3.14. The third kappa shape index (κ3) is 4.27. The number of aliphatic carboxylic acids is 1. The summed E-state index contributed by atoms with van der Waals surface area (Å²) in [4.78, 5) is 29.5. The molecule has 1 aliphatic heterocycles. The second-order valence-electron chi connectivity index (χ2n) is 7.67. The molecule has 1 N–H and O–H groups in total. The van der Waals surface area contributed by atoms with Crippen LogP contribution in [0.5, 0.6) is 11.6 Å². The van der Waals surface area contributed by atoms with Crippen molar-refractivity contribution in [2.24, 2.45) is 0 Å². The van der Waals surface area contributed by atoms with Gasteiger partial charge in [-0.25, -0.2) is 14.6 Å². The fourth-order valence-corrected chi connectivity index (χ4v) is 3.14. The summed E-state index contributed by atoms with van der Waals surface area (Å²) in [7, 11) is 1.57. The molecule has 2 atom stereocenters. The van der Waals surface area contributed by atoms with Gasteiger partial charge in [0.25, 0.3) is 0 Å². The molecular weight excluding hydrogens is 364 g/mol. The number of carboxylic acids is 1. The van der Waals surface area contributed by atoms with Crippen LogP contribution in [0.1, 0.15) is 27.2 Å². The Bertz CT molecular complexity index is 892. The Morgan fingerprint density at radius 3 is 2.64 bits per heavy atom. The van der Waals surface area contributed by atoms with Gasteiger partial charge in [0.05, 0.1) is 13.7 Å². The van der Waals surface area contributed by atoms with Crippen LogP contribution < -0.4 is 9.47 Å². The maximum Gasteiger partial charge on any atom is 0.411 e. The van der Waals surface area contributed by atoms with Crippen LogP contribution in [0.2, 0.25) is 0 Å². The second kappa shape index (κ2) is 7.53. The van der Waals surface area contributed by atoms with Gasteiger partial charge in [0.2, 0.25) is 5.88 Å². The van der Waals surface area contributed by atoms with Gasteiger partial charge in [-0.3, -0.25) is 4.90 Å². The molecule has 2 heterocycles. The van der Waals surface area contributed by atoms with Crippen LogP contribution >= 0.6 is 0 Å². The number of likely N-dealkylation sites (tertiary alicyclic amines) is 1. The van der Waals surface area contributed by atoms with Crippen molar-refractivity contribution in [3.8, 4) is 11.6 Å². The highest BCUT2D eigenvalue weighted by Crippen LogP contribution is 2.30. The first kappa shape index (κ1) is 19.7. The Balaban J connectivity index is 1.82. The Hall–Kier alpha value is -3.03. The zero-order chi connectivity index (χ0) is 20.5. The first-order valence-electron chi connectivity index (χ1n) is 9.00. The Kier molecular flexibility index (Phi) is 5.31. The molecule has 1 aliphatic rings. The lowest BCUT2D eigenvalue weighted by atomic mass is 10.1. The zero-order valence-electron chi connectivity index (χ0n) is 16.3. The number of ether oxygens (including phenoxy) is 3. The molecule has 0 bridgehead atoms. The lowest BCUT2D eigenvalue weighted by molar-refractivity contribution is -0.142. The lowest BCUT2D eigenvalue weighted by Crippen LogP contribution is -2.43. The van der Waals surface area contributed by atoms with E-state index in [2.05, 4.69) is 4.98 Å². The van der Waals surface area contributed by atoms with E-state index in [0.717, 1.165) is 10.8 Å². The van der Waals surface area contributed by atoms with Gasteiger partial charge in [-0.15, -0.1) is 0 Å². The summed E-state index contributed by atoms with van der Waals surface area (Å²) >= 11 is 0. The predicted molar refractivity (Wildman–Crippen MR) is 102 cm³/mol. The third-order valence-electron chi connectivity index (χ3n) is 4.39. The van der Waals surface area contributed by atoms with E-state index < -0.39 is 29.8 Å². The molecule has 0 unspecified atom stereocenters. The van der Waals surface area contributed by atoms with Gasteiger partial charge in [-0.1, -0.05) is 6.07 Å². The highest BCUT2D eigenvalue weighted by Gasteiger charge is 2.43. The van der Waals surface area contributed by atoms with Gasteiger partial charge in [0.15, 0.2) is 0 Å². The zero-order valence-corrected chi connectivity index (χ0v) is 16.3. The number of carbonyl (C=O) groups is 2. The highest BCUT2D eigenvalue weighted by molar-refractivity contribution is 5.88. The van der Waals surface area contributed by atoms with Crippen LogP contribution in [-0.2, 0) is 9.53 Å². The molecular formula is C20H24N2O6. The van der Waals surface area contributed by atoms with Crippen molar-refractivity contribution < 1.29 is 28.9 Å². The van der Waals surface area contributed by atoms with Crippen molar-refractivity contribution in [2.75, 3.05) is 13.7 Å². The highest BCUT2D eigenvalue weighted by atomic mass is 16.6. The van der Waals surface area contributed by atoms with E-state index in [0.29, 0.717) is 11.6 Å². The van der Waals surface area contributed by atoms with E-state index in [9.17, 15) is 14.7 Å². The maximum absolute atomic E-state index is 12.4. The number of aromatic nitrogens is 1. The normalized spacial score (nSPS) is 19.5. The average Bonchev–Trinajstić information content (AvgIpc) is 3.05. The number of benzene rings is 1. The minimum atomic E-state index is -1.09. The van der Waals surface area contributed by atoms with E-state index in [1.54, 1.807) is 34.1 Å². The number of carbonyl (C=O) groups excluding carboxylic acids is 1. The number of fused-ring (bicyclic) bond motifs is 1. The van der Waals surface area contributed by atoms with Crippen LogP contribution in [0.3, 0.4) is 0 Å². The maximum atomic E-state index is 12.4. The number of nitrogens with zero attached hydrogens (tertiary/aromatic N) is 2. The van der Waals surface area contributed by atoms with Crippen LogP contribution in [0.25, 0.3) is 10.8 Å². The second-order valence-corrected chi connectivity index (χ2v) is 7.67. The monoisotopic (exact) mass is 388 g/mol. The van der Waals surface area contributed by atoms with Crippen LogP contribution in [-0.4, -0.2) is 58.5 Å². The summed E-state index contributed by atoms with van der Waals surface area (Å²) in [6, 6.07) is 6.39. The SMILES string of the molecule is COc1ccc2ccnc(O[C@@H]3C[C@@H](C(=O)O)N(C(=O)OC(C)(C)C)C3)c2c1. The molecule has 0 spiro atoms. The summed E-state index contributed by atoms with van der Waals surface area (Å²) in [6.45, 7) is 5.31. The predicted octanol–water partition coefficient (Wildman–Crippen LogP) is 3.08. The Labute approximate surface area is 163 Å². The minimum absolute atomic E-state index is 0.105. The minimum Gasteiger partial charge on any atom is -0.497 e. The molecule has 28 heavy (non-hydrogen) atoms. The van der Waals surface area contributed by atoms with Gasteiger partial charge in [0, 0.05) is 18.0 Å². The number of amides is 1. The van der Waals surface area contributed by atoms with Crippen molar-refractivity contribution in [1.29, 1.82) is 0 Å². The molecule has 1 aromatic carbocycles. The molecule has 0 saturated carbocycles. The van der Waals surface area contributed by atoms with Gasteiger partial charge in [0.1, 0.15) is 23.5 Å². The summed E-state index contributed by atoms with van der Waals surface area (Å²) in [5.74, 6) is -0.0587. The van der Waals surface area contributed by atoms with Crippen molar-refractivity contribution in [1.82, 2.24) is 9.88 Å². The molecule has 1 fully saturated rings. The van der Waals surface area contributed by atoms with Gasteiger partial charge < -0.3 is 19.3 Å². The first-order chi connectivity index (χ1) is 13.2. The van der Waals surface area contributed by atoms with E-state index in [1.165, 1.54) is 4.90 Å². The van der Waals surface area contributed by atoms with Crippen molar-refractivity contribution >= 4 is 22.8 Å². The number of hydrogen-bond donors (Lipinski definition) is 1. The van der Waals surface area contributed by atoms with E-state index in [1.807, 2.05) is 24.3 Å². The van der Waals surface area contributed by atoms with Crippen LogP contribution in [0.15, 0.2) is 30.5 Å².